The van der Waals surface area contributed by atoms with Gasteiger partial charge in [0.05, 0.1) is 12.7 Å². The summed E-state index contributed by atoms with van der Waals surface area (Å²) in [6, 6.07) is 14.0. The summed E-state index contributed by atoms with van der Waals surface area (Å²) in [4.78, 5) is 26.4. The number of carbonyl (C=O) groups excluding carboxylic acids is 2. The Morgan fingerprint density at radius 1 is 1.14 bits per heavy atom. The van der Waals surface area contributed by atoms with E-state index in [0.717, 1.165) is 41.2 Å². The maximum absolute atomic E-state index is 12.6. The molecule has 0 bridgehead atoms. The number of hydrogen-bond donors (Lipinski definition) is 2. The Hall–Kier alpha value is -3.03. The molecule has 3 aromatic rings. The van der Waals surface area contributed by atoms with Crippen LogP contribution in [0.15, 0.2) is 48.5 Å². The van der Waals surface area contributed by atoms with Crippen molar-refractivity contribution in [2.24, 2.45) is 11.3 Å². The van der Waals surface area contributed by atoms with Crippen molar-refractivity contribution in [1.29, 1.82) is 0 Å². The molecule has 2 N–H and O–H groups in total. The van der Waals surface area contributed by atoms with Gasteiger partial charge in [-0.1, -0.05) is 63.2 Å². The molecule has 35 heavy (non-hydrogen) atoms. The lowest BCUT2D eigenvalue weighted by atomic mass is 9.72. The predicted molar refractivity (Wildman–Crippen MR) is 148 cm³/mol. The highest BCUT2D eigenvalue weighted by Crippen LogP contribution is 2.44. The van der Waals surface area contributed by atoms with Crippen LogP contribution >= 0.6 is 23.6 Å². The normalized spacial score (nSPS) is 15.6. The molecule has 1 atom stereocenters. The fraction of sp³-hybridized carbons (Fsp3) is 0.321. The molecule has 5 nitrogen and oxygen atoms in total. The van der Waals surface area contributed by atoms with Gasteiger partial charge in [0.15, 0.2) is 5.11 Å². The van der Waals surface area contributed by atoms with Crippen LogP contribution in [0.25, 0.3) is 16.8 Å². The van der Waals surface area contributed by atoms with Crippen molar-refractivity contribution in [2.75, 3.05) is 12.4 Å². The van der Waals surface area contributed by atoms with Crippen molar-refractivity contribution >= 4 is 62.4 Å². The van der Waals surface area contributed by atoms with E-state index in [1.165, 1.54) is 29.4 Å². The van der Waals surface area contributed by atoms with Gasteiger partial charge in [0.25, 0.3) is 0 Å². The second kappa shape index (κ2) is 10.3. The zero-order valence-corrected chi connectivity index (χ0v) is 22.1. The summed E-state index contributed by atoms with van der Waals surface area (Å²) in [7, 11) is 1.38. The first-order valence-electron chi connectivity index (χ1n) is 11.7. The van der Waals surface area contributed by atoms with Crippen LogP contribution in [0.2, 0.25) is 0 Å². The molecule has 7 heteroatoms. The van der Waals surface area contributed by atoms with E-state index in [2.05, 4.69) is 31.4 Å². The SMILES string of the molecule is COC(=O)c1c(NC(=S)NC(=O)/C=C/c2cccc3ccccc23)sc2c1CCC(C(C)(C)C)C2. The molecule has 1 amide bonds. The van der Waals surface area contributed by atoms with Crippen molar-refractivity contribution in [3.8, 4) is 0 Å². The minimum absolute atomic E-state index is 0.147. The molecule has 182 valence electrons. The lowest BCUT2D eigenvalue weighted by Gasteiger charge is -2.33. The second-order valence-electron chi connectivity index (χ2n) is 9.85. The van der Waals surface area contributed by atoms with Crippen LogP contribution in [0.5, 0.6) is 0 Å². The largest absolute Gasteiger partial charge is 0.465 e. The molecule has 1 aliphatic rings. The molecular formula is C28H30N2O3S2. The van der Waals surface area contributed by atoms with Crippen LogP contribution < -0.4 is 10.6 Å². The Morgan fingerprint density at radius 2 is 1.89 bits per heavy atom. The molecule has 0 fully saturated rings. The first-order chi connectivity index (χ1) is 16.7. The smallest absolute Gasteiger partial charge is 0.341 e. The standard InChI is InChI=1S/C28H30N2O3S2/c1-28(2,3)19-13-14-21-22(16-19)35-25(24(21)26(32)33-4)30-27(34)29-23(31)15-12-18-10-7-9-17-8-5-6-11-20(17)18/h5-12,15,19H,13-14,16H2,1-4H3,(H2,29,30,31,34)/b15-12+. The van der Waals surface area contributed by atoms with E-state index < -0.39 is 0 Å². The molecular weight excluding hydrogens is 476 g/mol. The summed E-state index contributed by atoms with van der Waals surface area (Å²) in [5.74, 6) is -0.189. The van der Waals surface area contributed by atoms with Gasteiger partial charge in [-0.05, 0) is 70.8 Å². The zero-order chi connectivity index (χ0) is 25.2. The number of esters is 1. The van der Waals surface area contributed by atoms with Crippen LogP contribution in [0.1, 0.15) is 53.6 Å². The predicted octanol–water partition coefficient (Wildman–Crippen LogP) is 6.37. The maximum Gasteiger partial charge on any atom is 0.341 e. The molecule has 1 aromatic heterocycles. The minimum Gasteiger partial charge on any atom is -0.465 e. The van der Waals surface area contributed by atoms with Crippen molar-refractivity contribution in [3.05, 3.63) is 70.1 Å². The Labute approximate surface area is 215 Å². The van der Waals surface area contributed by atoms with Crippen LogP contribution in [-0.4, -0.2) is 24.1 Å². The summed E-state index contributed by atoms with van der Waals surface area (Å²) in [5.41, 5.74) is 2.71. The van der Waals surface area contributed by atoms with Crippen LogP contribution in [0.4, 0.5) is 5.00 Å². The first kappa shape index (κ1) is 25.1. The molecule has 4 rings (SSSR count). The highest BCUT2D eigenvalue weighted by atomic mass is 32.1. The number of hydrogen-bond acceptors (Lipinski definition) is 5. The molecule has 1 heterocycles. The summed E-state index contributed by atoms with van der Waals surface area (Å²) in [6.07, 6.45) is 6.01. The Kier molecular flexibility index (Phi) is 7.38. The molecule has 1 unspecified atom stereocenters. The van der Waals surface area contributed by atoms with Crippen LogP contribution in [-0.2, 0) is 22.4 Å². The number of ether oxygens (including phenoxy) is 1. The highest BCUT2D eigenvalue weighted by molar-refractivity contribution is 7.80. The van der Waals surface area contributed by atoms with Gasteiger partial charge >= 0.3 is 5.97 Å². The van der Waals surface area contributed by atoms with Gasteiger partial charge in [-0.2, -0.15) is 0 Å². The van der Waals surface area contributed by atoms with Gasteiger partial charge in [0, 0.05) is 11.0 Å². The number of anilines is 1. The van der Waals surface area contributed by atoms with Gasteiger partial charge < -0.3 is 10.1 Å². The molecule has 0 saturated heterocycles. The number of nitrogens with one attached hydrogen (secondary N) is 2. The third kappa shape index (κ3) is 5.63. The average molecular weight is 507 g/mol. The average Bonchev–Trinajstić information content (AvgIpc) is 3.18. The zero-order valence-electron chi connectivity index (χ0n) is 20.4. The number of benzene rings is 2. The van der Waals surface area contributed by atoms with Crippen molar-refractivity contribution in [3.63, 3.8) is 0 Å². The van der Waals surface area contributed by atoms with Crippen molar-refractivity contribution in [1.82, 2.24) is 5.32 Å². The van der Waals surface area contributed by atoms with E-state index in [9.17, 15) is 9.59 Å². The van der Waals surface area contributed by atoms with E-state index in [0.29, 0.717) is 16.5 Å². The number of methoxy groups -OCH3 is 1. The Morgan fingerprint density at radius 3 is 2.63 bits per heavy atom. The number of thiophene rings is 1. The van der Waals surface area contributed by atoms with Gasteiger partial charge in [0.2, 0.25) is 5.91 Å². The maximum atomic E-state index is 12.6. The molecule has 0 saturated carbocycles. The number of amides is 1. The highest BCUT2D eigenvalue weighted by Gasteiger charge is 2.34. The molecule has 1 aliphatic carbocycles. The molecule has 0 aliphatic heterocycles. The third-order valence-electron chi connectivity index (χ3n) is 6.58. The van der Waals surface area contributed by atoms with Crippen LogP contribution in [0, 0.1) is 11.3 Å². The minimum atomic E-state index is -0.385. The quantitative estimate of drug-likeness (QED) is 0.245. The topological polar surface area (TPSA) is 67.4 Å². The molecule has 0 radical (unpaired) electrons. The number of thiocarbonyl (C=S) groups is 1. The Bertz CT molecular complexity index is 1310. The summed E-state index contributed by atoms with van der Waals surface area (Å²) in [6.45, 7) is 6.77. The number of carbonyl (C=O) groups is 2. The lowest BCUT2D eigenvalue weighted by molar-refractivity contribution is -0.115. The van der Waals surface area contributed by atoms with Crippen LogP contribution in [0.3, 0.4) is 0 Å². The molecule has 0 spiro atoms. The summed E-state index contributed by atoms with van der Waals surface area (Å²) < 4.78 is 5.07. The third-order valence-corrected chi connectivity index (χ3v) is 7.95. The first-order valence-corrected chi connectivity index (χ1v) is 12.9. The second-order valence-corrected chi connectivity index (χ2v) is 11.4. The van der Waals surface area contributed by atoms with Gasteiger partial charge in [-0.3, -0.25) is 10.1 Å². The van der Waals surface area contributed by atoms with E-state index in [1.807, 2.05) is 42.5 Å². The van der Waals surface area contributed by atoms with Crippen molar-refractivity contribution in [2.45, 2.75) is 40.0 Å². The fourth-order valence-corrected chi connectivity index (χ4v) is 6.17. The van der Waals surface area contributed by atoms with Gasteiger partial charge in [0.1, 0.15) is 5.00 Å². The van der Waals surface area contributed by atoms with E-state index in [-0.39, 0.29) is 22.4 Å². The summed E-state index contributed by atoms with van der Waals surface area (Å²) in [5, 5.41) is 8.72. The molecule has 2 aromatic carbocycles. The lowest BCUT2D eigenvalue weighted by Crippen LogP contribution is -2.33. The summed E-state index contributed by atoms with van der Waals surface area (Å²) >= 11 is 6.93. The van der Waals surface area contributed by atoms with Gasteiger partial charge in [-0.25, -0.2) is 4.79 Å². The number of rotatable bonds is 4. The van der Waals surface area contributed by atoms with E-state index in [1.54, 1.807) is 6.08 Å². The van der Waals surface area contributed by atoms with Gasteiger partial charge in [-0.15, -0.1) is 11.3 Å². The van der Waals surface area contributed by atoms with Crippen molar-refractivity contribution < 1.29 is 14.3 Å². The Balaban J connectivity index is 1.48. The number of fused-ring (bicyclic) bond motifs is 2. The van der Waals surface area contributed by atoms with E-state index >= 15 is 0 Å². The monoisotopic (exact) mass is 506 g/mol. The van der Waals surface area contributed by atoms with E-state index in [4.69, 9.17) is 17.0 Å². The fourth-order valence-electron chi connectivity index (χ4n) is 4.58.